The number of benzene rings is 2. The maximum Gasteiger partial charge on any atom is 0.365 e. The van der Waals surface area contributed by atoms with Gasteiger partial charge in [-0.15, -0.1) is 0 Å². The van der Waals surface area contributed by atoms with E-state index >= 15 is 0 Å². The SMILES string of the molecule is O=C(O/N=C(\Cl)C(=O)N1CCCCC1)c1ccc2ccccc2c1. The van der Waals surface area contributed by atoms with E-state index in [0.29, 0.717) is 18.7 Å². The Labute approximate surface area is 144 Å². The molecule has 0 atom stereocenters. The van der Waals surface area contributed by atoms with Crippen LogP contribution in [0.1, 0.15) is 29.6 Å². The molecule has 1 aliphatic rings. The number of likely N-dealkylation sites (tertiary alicyclic amines) is 1. The molecule has 5 nitrogen and oxygen atoms in total. The normalized spacial score (nSPS) is 15.4. The third kappa shape index (κ3) is 3.74. The fourth-order valence-electron chi connectivity index (χ4n) is 2.72. The predicted molar refractivity (Wildman–Crippen MR) is 93.1 cm³/mol. The van der Waals surface area contributed by atoms with Gasteiger partial charge in [-0.3, -0.25) is 4.79 Å². The van der Waals surface area contributed by atoms with Crippen molar-refractivity contribution in [1.29, 1.82) is 0 Å². The number of piperidine rings is 1. The van der Waals surface area contributed by atoms with Crippen LogP contribution >= 0.6 is 11.6 Å². The molecule has 0 radical (unpaired) electrons. The molecule has 0 aliphatic carbocycles. The van der Waals surface area contributed by atoms with Crippen LogP contribution in [0.5, 0.6) is 0 Å². The van der Waals surface area contributed by atoms with Gasteiger partial charge in [0.2, 0.25) is 5.17 Å². The molecule has 6 heteroatoms. The van der Waals surface area contributed by atoms with E-state index in [2.05, 4.69) is 5.16 Å². The second-order valence-electron chi connectivity index (χ2n) is 5.68. The number of carbonyl (C=O) groups excluding carboxylic acids is 2. The smallest absolute Gasteiger partial charge is 0.336 e. The van der Waals surface area contributed by atoms with E-state index in [1.807, 2.05) is 30.3 Å². The van der Waals surface area contributed by atoms with Crippen molar-refractivity contribution in [3.05, 3.63) is 48.0 Å². The van der Waals surface area contributed by atoms with Crippen LogP contribution in [0.2, 0.25) is 0 Å². The lowest BCUT2D eigenvalue weighted by Gasteiger charge is -2.25. The minimum Gasteiger partial charge on any atom is -0.336 e. The van der Waals surface area contributed by atoms with E-state index in [9.17, 15) is 9.59 Å². The van der Waals surface area contributed by atoms with E-state index in [4.69, 9.17) is 16.4 Å². The summed E-state index contributed by atoms with van der Waals surface area (Å²) in [6.45, 7) is 1.31. The summed E-state index contributed by atoms with van der Waals surface area (Å²) in [5, 5.41) is 5.12. The molecule has 0 bridgehead atoms. The van der Waals surface area contributed by atoms with Gasteiger partial charge >= 0.3 is 5.97 Å². The van der Waals surface area contributed by atoms with Gasteiger partial charge in [0, 0.05) is 13.1 Å². The van der Waals surface area contributed by atoms with Crippen LogP contribution in [-0.2, 0) is 9.63 Å². The fourth-order valence-corrected chi connectivity index (χ4v) is 2.87. The van der Waals surface area contributed by atoms with Gasteiger partial charge in [0.1, 0.15) is 0 Å². The van der Waals surface area contributed by atoms with E-state index in [1.165, 1.54) is 0 Å². The number of amides is 1. The second kappa shape index (κ2) is 7.45. The van der Waals surface area contributed by atoms with Gasteiger partial charge in [-0.25, -0.2) is 4.79 Å². The molecule has 0 unspecified atom stereocenters. The molecular weight excluding hydrogens is 328 g/mol. The summed E-state index contributed by atoms with van der Waals surface area (Å²) in [5.41, 5.74) is 0.354. The summed E-state index contributed by atoms with van der Waals surface area (Å²) in [7, 11) is 0. The van der Waals surface area contributed by atoms with Crippen LogP contribution in [0.3, 0.4) is 0 Å². The number of hydrogen-bond donors (Lipinski definition) is 0. The third-order valence-electron chi connectivity index (χ3n) is 4.01. The number of hydrogen-bond acceptors (Lipinski definition) is 4. The Balaban J connectivity index is 1.67. The minimum atomic E-state index is -0.648. The lowest BCUT2D eigenvalue weighted by atomic mass is 10.1. The van der Waals surface area contributed by atoms with Gasteiger partial charge < -0.3 is 9.74 Å². The Bertz CT molecular complexity index is 798. The summed E-state index contributed by atoms with van der Waals surface area (Å²) in [4.78, 5) is 30.6. The topological polar surface area (TPSA) is 59.0 Å². The molecule has 1 amide bonds. The Kier molecular flexibility index (Phi) is 5.11. The molecule has 2 aromatic carbocycles. The van der Waals surface area contributed by atoms with E-state index in [1.54, 1.807) is 17.0 Å². The lowest BCUT2D eigenvalue weighted by molar-refractivity contribution is -0.124. The third-order valence-corrected chi connectivity index (χ3v) is 4.24. The first kappa shape index (κ1) is 16.5. The molecule has 124 valence electrons. The molecule has 0 saturated carbocycles. The number of fused-ring (bicyclic) bond motifs is 1. The van der Waals surface area contributed by atoms with E-state index < -0.39 is 11.9 Å². The Morgan fingerprint density at radius 2 is 1.71 bits per heavy atom. The van der Waals surface area contributed by atoms with Crippen molar-refractivity contribution in [2.75, 3.05) is 13.1 Å². The zero-order valence-electron chi connectivity index (χ0n) is 13.1. The van der Waals surface area contributed by atoms with Crippen LogP contribution in [0.25, 0.3) is 10.8 Å². The van der Waals surface area contributed by atoms with Gasteiger partial charge in [-0.2, -0.15) is 0 Å². The average molecular weight is 345 g/mol. The molecule has 24 heavy (non-hydrogen) atoms. The van der Waals surface area contributed by atoms with Crippen molar-refractivity contribution in [3.8, 4) is 0 Å². The molecule has 1 aliphatic heterocycles. The first-order valence-corrected chi connectivity index (χ1v) is 8.26. The summed E-state index contributed by atoms with van der Waals surface area (Å²) in [6.07, 6.45) is 3.01. The summed E-state index contributed by atoms with van der Waals surface area (Å²) in [5.74, 6) is -1.05. The number of halogens is 1. The highest BCUT2D eigenvalue weighted by Gasteiger charge is 2.21. The van der Waals surface area contributed by atoms with Gasteiger partial charge in [-0.05, 0) is 42.2 Å². The second-order valence-corrected chi connectivity index (χ2v) is 6.03. The lowest BCUT2D eigenvalue weighted by Crippen LogP contribution is -2.38. The van der Waals surface area contributed by atoms with Crippen molar-refractivity contribution < 1.29 is 14.4 Å². The fraction of sp³-hybridized carbons (Fsp3) is 0.278. The zero-order chi connectivity index (χ0) is 16.9. The summed E-state index contributed by atoms with van der Waals surface area (Å²) >= 11 is 5.87. The van der Waals surface area contributed by atoms with Crippen molar-refractivity contribution >= 4 is 39.4 Å². The zero-order valence-corrected chi connectivity index (χ0v) is 13.8. The highest BCUT2D eigenvalue weighted by Crippen LogP contribution is 2.16. The standard InChI is InChI=1S/C18H17ClN2O3/c19-16(17(22)21-10-4-1-5-11-21)20-24-18(23)15-9-8-13-6-2-3-7-14(13)12-15/h2-3,6-9,12H,1,4-5,10-11H2/b20-16-. The average Bonchev–Trinajstić information content (AvgIpc) is 2.65. The summed E-state index contributed by atoms with van der Waals surface area (Å²) < 4.78 is 0. The maximum atomic E-state index is 12.1. The van der Waals surface area contributed by atoms with Crippen LogP contribution in [-0.4, -0.2) is 35.0 Å². The van der Waals surface area contributed by atoms with Gasteiger partial charge in [0.25, 0.3) is 5.91 Å². The molecule has 1 fully saturated rings. The van der Waals surface area contributed by atoms with Crippen LogP contribution < -0.4 is 0 Å². The van der Waals surface area contributed by atoms with Gasteiger partial charge in [0.15, 0.2) is 0 Å². The highest BCUT2D eigenvalue weighted by molar-refractivity contribution is 6.82. The number of rotatable bonds is 3. The Hall–Kier alpha value is -2.40. The van der Waals surface area contributed by atoms with Crippen LogP contribution in [0, 0.1) is 0 Å². The maximum absolute atomic E-state index is 12.1. The number of carbonyl (C=O) groups is 2. The Morgan fingerprint density at radius 3 is 2.46 bits per heavy atom. The molecule has 2 aromatic rings. The summed E-state index contributed by atoms with van der Waals surface area (Å²) in [6, 6.07) is 12.9. The first-order valence-electron chi connectivity index (χ1n) is 7.88. The van der Waals surface area contributed by atoms with Gasteiger partial charge in [0.05, 0.1) is 5.56 Å². The monoisotopic (exact) mass is 344 g/mol. The number of nitrogens with zero attached hydrogens (tertiary/aromatic N) is 2. The first-order chi connectivity index (χ1) is 11.6. The predicted octanol–water partition coefficient (Wildman–Crippen LogP) is 3.56. The van der Waals surface area contributed by atoms with Crippen molar-refractivity contribution in [2.24, 2.45) is 5.16 Å². The quantitative estimate of drug-likeness (QED) is 0.486. The molecule has 0 N–H and O–H groups in total. The van der Waals surface area contributed by atoms with Crippen molar-refractivity contribution in [3.63, 3.8) is 0 Å². The van der Waals surface area contributed by atoms with Gasteiger partial charge in [-0.1, -0.05) is 47.1 Å². The molecule has 3 rings (SSSR count). The highest BCUT2D eigenvalue weighted by atomic mass is 35.5. The number of oxime groups is 1. The van der Waals surface area contributed by atoms with E-state index in [0.717, 1.165) is 30.0 Å². The van der Waals surface area contributed by atoms with Crippen LogP contribution in [0.4, 0.5) is 0 Å². The molecular formula is C18H17ClN2O3. The molecule has 0 spiro atoms. The molecule has 0 aromatic heterocycles. The Morgan fingerprint density at radius 1 is 1.00 bits per heavy atom. The minimum absolute atomic E-state index is 0.328. The molecule has 1 heterocycles. The molecule has 1 saturated heterocycles. The van der Waals surface area contributed by atoms with E-state index in [-0.39, 0.29) is 5.17 Å². The largest absolute Gasteiger partial charge is 0.365 e. The van der Waals surface area contributed by atoms with Crippen molar-refractivity contribution in [2.45, 2.75) is 19.3 Å². The van der Waals surface area contributed by atoms with Crippen molar-refractivity contribution in [1.82, 2.24) is 4.90 Å². The van der Waals surface area contributed by atoms with Crippen LogP contribution in [0.15, 0.2) is 47.6 Å².